The van der Waals surface area contributed by atoms with E-state index in [2.05, 4.69) is 44.3 Å². The minimum Gasteiger partial charge on any atom is -0.368 e. The summed E-state index contributed by atoms with van der Waals surface area (Å²) >= 11 is 0. The molecule has 1 heterocycles. The average molecular weight is 232 g/mol. The molecule has 0 fully saturated rings. The first-order chi connectivity index (χ1) is 7.88. The normalized spacial score (nSPS) is 19.8. The molecule has 0 bridgehead atoms. The molecule has 0 spiro atoms. The van der Waals surface area contributed by atoms with Gasteiger partial charge in [-0.05, 0) is 28.5 Å². The Bertz CT molecular complexity index is 446. The van der Waals surface area contributed by atoms with Crippen molar-refractivity contribution in [2.75, 3.05) is 0 Å². The van der Waals surface area contributed by atoms with E-state index in [1.165, 1.54) is 16.7 Å². The minimum absolute atomic E-state index is 0.162. The fourth-order valence-corrected chi connectivity index (χ4v) is 2.18. The van der Waals surface area contributed by atoms with Gasteiger partial charge in [-0.3, -0.25) is 4.79 Å². The molecule has 0 saturated heterocycles. The van der Waals surface area contributed by atoms with Crippen molar-refractivity contribution in [2.24, 2.45) is 5.73 Å². The van der Waals surface area contributed by atoms with Crippen LogP contribution in [-0.2, 0) is 23.2 Å². The molecule has 1 aromatic carbocycles. The van der Waals surface area contributed by atoms with Crippen LogP contribution < -0.4 is 11.1 Å². The Balaban J connectivity index is 2.29. The molecule has 0 aromatic heterocycles. The second kappa shape index (κ2) is 4.15. The van der Waals surface area contributed by atoms with Gasteiger partial charge in [-0.25, -0.2) is 0 Å². The van der Waals surface area contributed by atoms with Crippen molar-refractivity contribution in [2.45, 2.75) is 45.2 Å². The highest BCUT2D eigenvalue weighted by molar-refractivity contribution is 5.80. The van der Waals surface area contributed by atoms with Gasteiger partial charge in [0.25, 0.3) is 0 Å². The molecule has 2 rings (SSSR count). The van der Waals surface area contributed by atoms with Gasteiger partial charge in [-0.2, -0.15) is 0 Å². The second-order valence-corrected chi connectivity index (χ2v) is 5.77. The standard InChI is InChI=1S/C14H20N2O/c1-14(2,3)11-5-4-9-7-12(13(15)17)16-8-10(9)6-11/h4-6,12,16H,7-8H2,1-3H3,(H2,15,17). The van der Waals surface area contributed by atoms with Crippen molar-refractivity contribution >= 4 is 5.91 Å². The number of fused-ring (bicyclic) bond motifs is 1. The second-order valence-electron chi connectivity index (χ2n) is 5.77. The summed E-state index contributed by atoms with van der Waals surface area (Å²) < 4.78 is 0. The fraction of sp³-hybridized carbons (Fsp3) is 0.500. The van der Waals surface area contributed by atoms with Crippen molar-refractivity contribution in [3.05, 3.63) is 34.9 Å². The average Bonchev–Trinajstić information content (AvgIpc) is 2.26. The highest BCUT2D eigenvalue weighted by Crippen LogP contribution is 2.26. The summed E-state index contributed by atoms with van der Waals surface area (Å²) in [7, 11) is 0. The molecule has 1 unspecified atom stereocenters. The van der Waals surface area contributed by atoms with Gasteiger partial charge in [0.1, 0.15) is 0 Å². The number of benzene rings is 1. The molecular formula is C14H20N2O. The highest BCUT2D eigenvalue weighted by atomic mass is 16.1. The fourth-order valence-electron chi connectivity index (χ4n) is 2.18. The van der Waals surface area contributed by atoms with Crippen LogP contribution in [0.15, 0.2) is 18.2 Å². The Morgan fingerprint density at radius 1 is 1.35 bits per heavy atom. The summed E-state index contributed by atoms with van der Waals surface area (Å²) in [5.41, 5.74) is 9.34. The van der Waals surface area contributed by atoms with E-state index in [1.54, 1.807) is 0 Å². The molecule has 3 N–H and O–H groups in total. The highest BCUT2D eigenvalue weighted by Gasteiger charge is 2.23. The summed E-state index contributed by atoms with van der Waals surface area (Å²) in [6.45, 7) is 7.35. The third-order valence-corrected chi connectivity index (χ3v) is 3.38. The molecule has 17 heavy (non-hydrogen) atoms. The van der Waals surface area contributed by atoms with Gasteiger partial charge in [0, 0.05) is 6.54 Å². The van der Waals surface area contributed by atoms with Crippen LogP contribution in [0.3, 0.4) is 0 Å². The Labute approximate surface area is 102 Å². The lowest BCUT2D eigenvalue weighted by atomic mass is 9.83. The predicted octanol–water partition coefficient (Wildman–Crippen LogP) is 1.48. The molecule has 3 nitrogen and oxygen atoms in total. The van der Waals surface area contributed by atoms with Crippen LogP contribution in [0.2, 0.25) is 0 Å². The molecule has 1 aliphatic heterocycles. The quantitative estimate of drug-likeness (QED) is 0.770. The first-order valence-corrected chi connectivity index (χ1v) is 6.03. The van der Waals surface area contributed by atoms with E-state index in [-0.39, 0.29) is 17.4 Å². The summed E-state index contributed by atoms with van der Waals surface area (Å²) in [6, 6.07) is 6.30. The van der Waals surface area contributed by atoms with Gasteiger partial charge in [0.2, 0.25) is 5.91 Å². The molecule has 92 valence electrons. The van der Waals surface area contributed by atoms with Crippen LogP contribution in [0.5, 0.6) is 0 Å². The Hall–Kier alpha value is -1.35. The minimum atomic E-state index is -0.268. The number of rotatable bonds is 1. The number of carbonyl (C=O) groups excluding carboxylic acids is 1. The lowest BCUT2D eigenvalue weighted by molar-refractivity contribution is -0.120. The van der Waals surface area contributed by atoms with E-state index < -0.39 is 0 Å². The van der Waals surface area contributed by atoms with E-state index in [4.69, 9.17) is 5.73 Å². The zero-order valence-electron chi connectivity index (χ0n) is 10.7. The summed E-state index contributed by atoms with van der Waals surface area (Å²) in [5, 5.41) is 3.18. The van der Waals surface area contributed by atoms with Crippen LogP contribution in [-0.4, -0.2) is 11.9 Å². The van der Waals surface area contributed by atoms with Crippen molar-refractivity contribution < 1.29 is 4.79 Å². The molecule has 1 aliphatic rings. The summed E-state index contributed by atoms with van der Waals surface area (Å²) in [5.74, 6) is -0.268. The molecule has 0 radical (unpaired) electrons. The third kappa shape index (κ3) is 2.50. The molecule has 1 atom stereocenters. The molecule has 1 aromatic rings. The number of nitrogens with two attached hydrogens (primary N) is 1. The maximum Gasteiger partial charge on any atom is 0.234 e. The maximum atomic E-state index is 11.2. The SMILES string of the molecule is CC(C)(C)c1ccc2c(c1)CNC(C(N)=O)C2. The lowest BCUT2D eigenvalue weighted by Crippen LogP contribution is -2.45. The van der Waals surface area contributed by atoms with Crippen LogP contribution in [0.4, 0.5) is 0 Å². The summed E-state index contributed by atoms with van der Waals surface area (Å²) in [6.07, 6.45) is 0.703. The van der Waals surface area contributed by atoms with Crippen LogP contribution >= 0.6 is 0 Å². The largest absolute Gasteiger partial charge is 0.368 e. The van der Waals surface area contributed by atoms with Crippen molar-refractivity contribution in [3.63, 3.8) is 0 Å². The van der Waals surface area contributed by atoms with Crippen molar-refractivity contribution in [1.29, 1.82) is 0 Å². The van der Waals surface area contributed by atoms with E-state index in [0.29, 0.717) is 6.42 Å². The van der Waals surface area contributed by atoms with E-state index >= 15 is 0 Å². The summed E-state index contributed by atoms with van der Waals surface area (Å²) in [4.78, 5) is 11.2. The van der Waals surface area contributed by atoms with Crippen LogP contribution in [0.25, 0.3) is 0 Å². The molecule has 3 heteroatoms. The molecular weight excluding hydrogens is 212 g/mol. The van der Waals surface area contributed by atoms with Gasteiger partial charge in [0.15, 0.2) is 0 Å². The topological polar surface area (TPSA) is 55.1 Å². The number of carbonyl (C=O) groups is 1. The number of hydrogen-bond donors (Lipinski definition) is 2. The van der Waals surface area contributed by atoms with Gasteiger partial charge in [0.05, 0.1) is 6.04 Å². The van der Waals surface area contributed by atoms with Gasteiger partial charge >= 0.3 is 0 Å². The number of hydrogen-bond acceptors (Lipinski definition) is 2. The first-order valence-electron chi connectivity index (χ1n) is 6.03. The molecule has 0 saturated carbocycles. The van der Waals surface area contributed by atoms with Crippen molar-refractivity contribution in [1.82, 2.24) is 5.32 Å². The zero-order chi connectivity index (χ0) is 12.6. The molecule has 1 amide bonds. The van der Waals surface area contributed by atoms with Gasteiger partial charge in [-0.1, -0.05) is 39.0 Å². The number of primary amides is 1. The van der Waals surface area contributed by atoms with Crippen molar-refractivity contribution in [3.8, 4) is 0 Å². The first kappa shape index (κ1) is 12.1. The van der Waals surface area contributed by atoms with E-state index in [9.17, 15) is 4.79 Å². The zero-order valence-corrected chi connectivity index (χ0v) is 10.7. The van der Waals surface area contributed by atoms with E-state index in [0.717, 1.165) is 6.54 Å². The monoisotopic (exact) mass is 232 g/mol. The lowest BCUT2D eigenvalue weighted by Gasteiger charge is -2.27. The predicted molar refractivity (Wildman–Crippen MR) is 68.7 cm³/mol. The van der Waals surface area contributed by atoms with Gasteiger partial charge < -0.3 is 11.1 Å². The van der Waals surface area contributed by atoms with Crippen LogP contribution in [0.1, 0.15) is 37.5 Å². The Kier molecular flexibility index (Phi) is 2.96. The Morgan fingerprint density at radius 2 is 2.06 bits per heavy atom. The number of amides is 1. The maximum absolute atomic E-state index is 11.2. The smallest absolute Gasteiger partial charge is 0.234 e. The van der Waals surface area contributed by atoms with E-state index in [1.807, 2.05) is 0 Å². The number of nitrogens with one attached hydrogen (secondary N) is 1. The third-order valence-electron chi connectivity index (χ3n) is 3.38. The Morgan fingerprint density at radius 3 is 2.65 bits per heavy atom. The van der Waals surface area contributed by atoms with Gasteiger partial charge in [-0.15, -0.1) is 0 Å². The molecule has 0 aliphatic carbocycles. The van der Waals surface area contributed by atoms with Crippen LogP contribution in [0, 0.1) is 0 Å².